The molecule has 0 aromatic carbocycles. The molecule has 6 nitrogen and oxygen atoms in total. The van der Waals surface area contributed by atoms with Crippen molar-refractivity contribution in [2.45, 2.75) is 0 Å². The third kappa shape index (κ3) is 1.97. The van der Waals surface area contributed by atoms with Crippen LogP contribution < -0.4 is 9.80 Å². The third-order valence-corrected chi connectivity index (χ3v) is 2.95. The predicted octanol–water partition coefficient (Wildman–Crippen LogP) is 0.838. The van der Waals surface area contributed by atoms with Gasteiger partial charge in [0, 0.05) is 38.9 Å². The second-order valence-corrected chi connectivity index (χ2v) is 4.57. The molecule has 0 radical (unpaired) electrons. The molecule has 0 N–H and O–H groups in total. The number of hydrogen-bond acceptors (Lipinski definition) is 6. The first-order valence-electron chi connectivity index (χ1n) is 5.85. The standard InChI is InChI=1S/C12H16N6/c1-15-3-5-17(9-15)11-7-13-8-12(14-11)18-6-4-16(2)10-18/h3-8H,9-10H2,1-2H3. The Bertz CT molecular complexity index is 456. The Morgan fingerprint density at radius 3 is 1.72 bits per heavy atom. The molecule has 94 valence electrons. The fourth-order valence-corrected chi connectivity index (χ4v) is 1.98. The van der Waals surface area contributed by atoms with Crippen LogP contribution in [0, 0.1) is 0 Å². The first-order valence-corrected chi connectivity index (χ1v) is 5.85. The molecule has 2 aliphatic heterocycles. The van der Waals surface area contributed by atoms with Crippen LogP contribution in [0.5, 0.6) is 0 Å². The lowest BCUT2D eigenvalue weighted by atomic mass is 10.5. The largest absolute Gasteiger partial charge is 0.361 e. The van der Waals surface area contributed by atoms with Gasteiger partial charge in [0.1, 0.15) is 0 Å². The minimum Gasteiger partial charge on any atom is -0.361 e. The maximum atomic E-state index is 4.64. The Balaban J connectivity index is 1.81. The van der Waals surface area contributed by atoms with E-state index in [-0.39, 0.29) is 0 Å². The van der Waals surface area contributed by atoms with Crippen molar-refractivity contribution in [1.82, 2.24) is 19.8 Å². The highest BCUT2D eigenvalue weighted by Gasteiger charge is 2.16. The van der Waals surface area contributed by atoms with Gasteiger partial charge in [-0.1, -0.05) is 0 Å². The molecule has 0 saturated heterocycles. The van der Waals surface area contributed by atoms with Crippen LogP contribution in [0.25, 0.3) is 0 Å². The molecule has 0 saturated carbocycles. The van der Waals surface area contributed by atoms with Gasteiger partial charge in [-0.2, -0.15) is 0 Å². The summed E-state index contributed by atoms with van der Waals surface area (Å²) in [5.74, 6) is 1.74. The SMILES string of the molecule is CN1C=CN(c2cncc(N3C=CN(C)C3)n2)C1. The van der Waals surface area contributed by atoms with Crippen molar-refractivity contribution < 1.29 is 0 Å². The number of aromatic nitrogens is 2. The number of nitrogens with zero attached hydrogens (tertiary/aromatic N) is 6. The van der Waals surface area contributed by atoms with Crippen molar-refractivity contribution in [2.24, 2.45) is 0 Å². The molecule has 0 fully saturated rings. The second kappa shape index (κ2) is 4.21. The van der Waals surface area contributed by atoms with E-state index in [1.807, 2.05) is 38.9 Å². The van der Waals surface area contributed by atoms with Gasteiger partial charge in [-0.15, -0.1) is 0 Å². The van der Waals surface area contributed by atoms with Crippen LogP contribution in [0.2, 0.25) is 0 Å². The second-order valence-electron chi connectivity index (χ2n) is 4.57. The summed E-state index contributed by atoms with van der Waals surface area (Å²) in [6.45, 7) is 1.63. The smallest absolute Gasteiger partial charge is 0.155 e. The first-order chi connectivity index (χ1) is 8.72. The molecule has 6 heteroatoms. The van der Waals surface area contributed by atoms with E-state index in [2.05, 4.69) is 29.6 Å². The van der Waals surface area contributed by atoms with E-state index in [0.29, 0.717) is 0 Å². The maximum absolute atomic E-state index is 4.64. The van der Waals surface area contributed by atoms with E-state index in [1.54, 1.807) is 12.4 Å². The van der Waals surface area contributed by atoms with Crippen LogP contribution in [0.1, 0.15) is 0 Å². The average molecular weight is 244 g/mol. The summed E-state index contributed by atoms with van der Waals surface area (Å²) < 4.78 is 0. The van der Waals surface area contributed by atoms with Crippen LogP contribution in [0.3, 0.4) is 0 Å². The van der Waals surface area contributed by atoms with E-state index in [4.69, 9.17) is 0 Å². The molecule has 0 aliphatic carbocycles. The van der Waals surface area contributed by atoms with Crippen LogP contribution in [0.15, 0.2) is 37.2 Å². The molecule has 0 amide bonds. The van der Waals surface area contributed by atoms with Gasteiger partial charge in [0.2, 0.25) is 0 Å². The highest BCUT2D eigenvalue weighted by molar-refractivity contribution is 5.50. The van der Waals surface area contributed by atoms with Crippen molar-refractivity contribution in [2.75, 3.05) is 37.2 Å². The lowest BCUT2D eigenvalue weighted by Crippen LogP contribution is -2.25. The summed E-state index contributed by atoms with van der Waals surface area (Å²) in [4.78, 5) is 17.2. The van der Waals surface area contributed by atoms with Gasteiger partial charge in [-0.25, -0.2) is 4.98 Å². The van der Waals surface area contributed by atoms with Gasteiger partial charge >= 0.3 is 0 Å². The molecule has 2 aliphatic rings. The minimum absolute atomic E-state index is 0.813. The van der Waals surface area contributed by atoms with Gasteiger partial charge in [-0.05, 0) is 0 Å². The molecule has 1 aromatic rings. The van der Waals surface area contributed by atoms with Crippen LogP contribution in [0.4, 0.5) is 11.6 Å². The Morgan fingerprint density at radius 1 is 0.833 bits per heavy atom. The Morgan fingerprint density at radius 2 is 1.33 bits per heavy atom. The molecule has 0 unspecified atom stereocenters. The van der Waals surface area contributed by atoms with Gasteiger partial charge in [-0.3, -0.25) is 4.98 Å². The predicted molar refractivity (Wildman–Crippen MR) is 70.5 cm³/mol. The molecule has 1 aromatic heterocycles. The maximum Gasteiger partial charge on any atom is 0.155 e. The van der Waals surface area contributed by atoms with Crippen molar-refractivity contribution in [3.8, 4) is 0 Å². The quantitative estimate of drug-likeness (QED) is 0.767. The molecule has 0 bridgehead atoms. The lowest BCUT2D eigenvalue weighted by molar-refractivity contribution is 0.491. The van der Waals surface area contributed by atoms with Crippen LogP contribution in [-0.4, -0.2) is 47.2 Å². The molecule has 3 heterocycles. The molecule has 0 spiro atoms. The zero-order chi connectivity index (χ0) is 12.5. The minimum atomic E-state index is 0.813. The summed E-state index contributed by atoms with van der Waals surface area (Å²) in [6, 6.07) is 0. The number of rotatable bonds is 2. The summed E-state index contributed by atoms with van der Waals surface area (Å²) in [7, 11) is 4.07. The normalized spacial score (nSPS) is 18.3. The Kier molecular flexibility index (Phi) is 2.55. The lowest BCUT2D eigenvalue weighted by Gasteiger charge is -2.20. The van der Waals surface area contributed by atoms with E-state index < -0.39 is 0 Å². The molecule has 0 atom stereocenters. The fraction of sp³-hybridized carbons (Fsp3) is 0.333. The highest BCUT2D eigenvalue weighted by Crippen LogP contribution is 2.20. The molecular weight excluding hydrogens is 228 g/mol. The van der Waals surface area contributed by atoms with Crippen molar-refractivity contribution >= 4 is 11.6 Å². The fourth-order valence-electron chi connectivity index (χ4n) is 1.98. The van der Waals surface area contributed by atoms with Gasteiger partial charge < -0.3 is 19.6 Å². The van der Waals surface area contributed by atoms with Gasteiger partial charge in [0.05, 0.1) is 25.7 Å². The van der Waals surface area contributed by atoms with Crippen molar-refractivity contribution in [1.29, 1.82) is 0 Å². The zero-order valence-electron chi connectivity index (χ0n) is 10.6. The number of hydrogen-bond donors (Lipinski definition) is 0. The van der Waals surface area contributed by atoms with E-state index in [0.717, 1.165) is 25.0 Å². The van der Waals surface area contributed by atoms with Crippen molar-refractivity contribution in [3.63, 3.8) is 0 Å². The zero-order valence-corrected chi connectivity index (χ0v) is 10.6. The summed E-state index contributed by atoms with van der Waals surface area (Å²) >= 11 is 0. The first kappa shape index (κ1) is 10.9. The Hall–Kier alpha value is -2.24. The average Bonchev–Trinajstić information content (AvgIpc) is 2.98. The molecule has 18 heavy (non-hydrogen) atoms. The molecule has 3 rings (SSSR count). The summed E-state index contributed by atoms with van der Waals surface area (Å²) in [6.07, 6.45) is 11.7. The third-order valence-electron chi connectivity index (χ3n) is 2.95. The molecular formula is C12H16N6. The van der Waals surface area contributed by atoms with E-state index in [1.165, 1.54) is 0 Å². The van der Waals surface area contributed by atoms with E-state index >= 15 is 0 Å². The van der Waals surface area contributed by atoms with Crippen molar-refractivity contribution in [3.05, 3.63) is 37.2 Å². The topological polar surface area (TPSA) is 38.7 Å². The van der Waals surface area contributed by atoms with Gasteiger partial charge in [0.15, 0.2) is 11.6 Å². The highest BCUT2D eigenvalue weighted by atomic mass is 15.4. The van der Waals surface area contributed by atoms with Crippen LogP contribution >= 0.6 is 0 Å². The van der Waals surface area contributed by atoms with E-state index in [9.17, 15) is 0 Å². The van der Waals surface area contributed by atoms with Crippen LogP contribution in [-0.2, 0) is 0 Å². The Labute approximate surface area is 106 Å². The monoisotopic (exact) mass is 244 g/mol. The number of anilines is 2. The summed E-state index contributed by atoms with van der Waals surface area (Å²) in [5, 5.41) is 0. The van der Waals surface area contributed by atoms with Gasteiger partial charge in [0.25, 0.3) is 0 Å². The summed E-state index contributed by atoms with van der Waals surface area (Å²) in [5.41, 5.74) is 0.